The fraction of sp³-hybridized carbons (Fsp3) is 0.118. The summed E-state index contributed by atoms with van der Waals surface area (Å²) in [5.74, 6) is 0.856. The zero-order valence-corrected chi connectivity index (χ0v) is 11.8. The van der Waals surface area contributed by atoms with Crippen molar-refractivity contribution < 1.29 is 4.74 Å². The van der Waals surface area contributed by atoms with Crippen LogP contribution in [0, 0.1) is 0 Å². The molecular weight excluding hydrogens is 276 g/mol. The second-order valence-electron chi connectivity index (χ2n) is 5.11. The highest BCUT2D eigenvalue weighted by Gasteiger charge is 2.26. The summed E-state index contributed by atoms with van der Waals surface area (Å²) in [5.41, 5.74) is 3.13. The molecule has 0 radical (unpaired) electrons. The number of fused-ring (bicyclic) bond motifs is 1. The van der Waals surface area contributed by atoms with E-state index in [4.69, 9.17) is 4.74 Å². The average molecular weight is 290 g/mol. The lowest BCUT2D eigenvalue weighted by Crippen LogP contribution is -2.21. The molecule has 0 saturated heterocycles. The third-order valence-electron chi connectivity index (χ3n) is 3.66. The first-order valence-electron chi connectivity index (χ1n) is 7.13. The van der Waals surface area contributed by atoms with Gasteiger partial charge in [-0.2, -0.15) is 5.10 Å². The maximum absolute atomic E-state index is 6.15. The fourth-order valence-corrected chi connectivity index (χ4v) is 2.62. The van der Waals surface area contributed by atoms with Gasteiger partial charge in [0.2, 0.25) is 0 Å². The minimum absolute atomic E-state index is 0.0358. The number of hydrogen-bond acceptors (Lipinski definition) is 4. The topological polar surface area (TPSA) is 52.3 Å². The van der Waals surface area contributed by atoms with Gasteiger partial charge in [0, 0.05) is 12.0 Å². The molecule has 0 N–H and O–H groups in total. The van der Waals surface area contributed by atoms with Gasteiger partial charge in [-0.15, -0.1) is 10.2 Å². The zero-order valence-electron chi connectivity index (χ0n) is 11.8. The highest BCUT2D eigenvalue weighted by molar-refractivity contribution is 6.04. The van der Waals surface area contributed by atoms with Gasteiger partial charge < -0.3 is 4.74 Å². The Bertz CT molecular complexity index is 797. The van der Waals surface area contributed by atoms with Crippen LogP contribution in [-0.2, 0) is 0 Å². The Balaban J connectivity index is 1.77. The van der Waals surface area contributed by atoms with Gasteiger partial charge >= 0.3 is 0 Å². The molecular formula is C17H14N4O. The lowest BCUT2D eigenvalue weighted by Gasteiger charge is -2.27. The van der Waals surface area contributed by atoms with Crippen molar-refractivity contribution in [3.05, 3.63) is 78.4 Å². The highest BCUT2D eigenvalue weighted by atomic mass is 16.5. The summed E-state index contributed by atoms with van der Waals surface area (Å²) in [5, 5.41) is 12.2. The van der Waals surface area contributed by atoms with Crippen LogP contribution in [0.25, 0.3) is 0 Å². The Morgan fingerprint density at radius 3 is 2.50 bits per heavy atom. The van der Waals surface area contributed by atoms with E-state index < -0.39 is 0 Å². The van der Waals surface area contributed by atoms with Crippen molar-refractivity contribution in [1.29, 1.82) is 0 Å². The van der Waals surface area contributed by atoms with Crippen LogP contribution in [0.1, 0.15) is 23.7 Å². The smallest absolute Gasteiger partial charge is 0.141 e. The van der Waals surface area contributed by atoms with Gasteiger partial charge in [0.15, 0.2) is 0 Å². The van der Waals surface area contributed by atoms with Crippen molar-refractivity contribution in [2.24, 2.45) is 5.10 Å². The Morgan fingerprint density at radius 1 is 0.955 bits per heavy atom. The van der Waals surface area contributed by atoms with E-state index in [-0.39, 0.29) is 6.10 Å². The normalized spacial score (nSPS) is 18.7. The predicted octanol–water partition coefficient (Wildman–Crippen LogP) is 3.05. The molecule has 1 aliphatic heterocycles. The van der Waals surface area contributed by atoms with E-state index in [1.165, 1.54) is 0 Å². The van der Waals surface area contributed by atoms with Crippen molar-refractivity contribution in [2.45, 2.75) is 12.5 Å². The molecule has 1 unspecified atom stereocenters. The second kappa shape index (κ2) is 5.44. The molecule has 22 heavy (non-hydrogen) atoms. The summed E-state index contributed by atoms with van der Waals surface area (Å²) in [7, 11) is 0. The van der Waals surface area contributed by atoms with E-state index in [9.17, 15) is 0 Å². The number of aromatic nitrogens is 3. The summed E-state index contributed by atoms with van der Waals surface area (Å²) in [6.45, 7) is 0. The molecule has 0 aliphatic carbocycles. The SMILES string of the molecule is c1ccc(C2C/C(=N\n3cnnc3)c3ccccc3O2)cc1. The maximum Gasteiger partial charge on any atom is 0.141 e. The largest absolute Gasteiger partial charge is 0.485 e. The van der Waals surface area contributed by atoms with Gasteiger partial charge in [0.25, 0.3) is 0 Å². The van der Waals surface area contributed by atoms with Crippen LogP contribution in [-0.4, -0.2) is 20.6 Å². The predicted molar refractivity (Wildman–Crippen MR) is 82.8 cm³/mol. The molecule has 4 rings (SSSR count). The van der Waals surface area contributed by atoms with Gasteiger partial charge in [-0.25, -0.2) is 4.68 Å². The van der Waals surface area contributed by atoms with E-state index in [2.05, 4.69) is 27.4 Å². The molecule has 3 aromatic rings. The Labute approximate surface area is 127 Å². The summed E-state index contributed by atoms with van der Waals surface area (Å²) >= 11 is 0. The molecule has 1 aliphatic rings. The first-order valence-corrected chi connectivity index (χ1v) is 7.13. The zero-order chi connectivity index (χ0) is 14.8. The average Bonchev–Trinajstić information content (AvgIpc) is 3.09. The number of benzene rings is 2. The molecule has 2 aromatic carbocycles. The standard InChI is InChI=1S/C17H14N4O/c1-2-6-13(7-3-1)17-10-15(20-21-11-18-19-12-21)14-8-4-5-9-16(14)22-17/h1-9,11-12,17H,10H2/b20-15+. The van der Waals surface area contributed by atoms with Crippen LogP contribution in [0.2, 0.25) is 0 Å². The van der Waals surface area contributed by atoms with Gasteiger partial charge in [-0.3, -0.25) is 0 Å². The van der Waals surface area contributed by atoms with Crippen LogP contribution in [0.15, 0.2) is 72.4 Å². The lowest BCUT2D eigenvalue weighted by atomic mass is 9.96. The minimum atomic E-state index is -0.0358. The molecule has 5 heteroatoms. The van der Waals surface area contributed by atoms with Crippen LogP contribution in [0.3, 0.4) is 0 Å². The Morgan fingerprint density at radius 2 is 1.68 bits per heavy atom. The fourth-order valence-electron chi connectivity index (χ4n) is 2.62. The van der Waals surface area contributed by atoms with Crippen LogP contribution >= 0.6 is 0 Å². The van der Waals surface area contributed by atoms with Crippen LogP contribution in [0.5, 0.6) is 5.75 Å². The monoisotopic (exact) mass is 290 g/mol. The second-order valence-corrected chi connectivity index (χ2v) is 5.11. The first kappa shape index (κ1) is 12.8. The molecule has 108 valence electrons. The third kappa shape index (κ3) is 2.37. The lowest BCUT2D eigenvalue weighted by molar-refractivity contribution is 0.206. The Hall–Kier alpha value is -2.95. The van der Waals surface area contributed by atoms with E-state index >= 15 is 0 Å². The van der Waals surface area contributed by atoms with E-state index in [1.807, 2.05) is 42.5 Å². The van der Waals surface area contributed by atoms with E-state index in [0.717, 1.165) is 22.6 Å². The molecule has 0 fully saturated rings. The molecule has 0 amide bonds. The van der Waals surface area contributed by atoms with Gasteiger partial charge in [-0.1, -0.05) is 42.5 Å². The summed E-state index contributed by atoms with van der Waals surface area (Å²) < 4.78 is 7.77. The molecule has 2 heterocycles. The minimum Gasteiger partial charge on any atom is -0.485 e. The van der Waals surface area contributed by atoms with Gasteiger partial charge in [0.1, 0.15) is 24.5 Å². The molecule has 0 spiro atoms. The number of para-hydroxylation sites is 1. The Kier molecular flexibility index (Phi) is 3.16. The van der Waals surface area contributed by atoms with Crippen molar-refractivity contribution in [3.8, 4) is 5.75 Å². The van der Waals surface area contributed by atoms with E-state index in [0.29, 0.717) is 6.42 Å². The van der Waals surface area contributed by atoms with Crippen LogP contribution < -0.4 is 4.74 Å². The summed E-state index contributed by atoms with van der Waals surface area (Å²) in [6, 6.07) is 18.2. The van der Waals surface area contributed by atoms with Gasteiger partial charge in [-0.05, 0) is 17.7 Å². The molecule has 1 aromatic heterocycles. The molecule has 0 bridgehead atoms. The quantitative estimate of drug-likeness (QED) is 0.729. The number of hydrogen-bond donors (Lipinski definition) is 0. The molecule has 0 saturated carbocycles. The van der Waals surface area contributed by atoms with Crippen molar-refractivity contribution in [1.82, 2.24) is 14.9 Å². The maximum atomic E-state index is 6.15. The number of rotatable bonds is 2. The highest BCUT2D eigenvalue weighted by Crippen LogP contribution is 2.35. The van der Waals surface area contributed by atoms with Crippen molar-refractivity contribution in [3.63, 3.8) is 0 Å². The molecule has 1 atom stereocenters. The molecule has 5 nitrogen and oxygen atoms in total. The number of nitrogens with zero attached hydrogens (tertiary/aromatic N) is 4. The third-order valence-corrected chi connectivity index (χ3v) is 3.66. The van der Waals surface area contributed by atoms with E-state index in [1.54, 1.807) is 17.3 Å². The summed E-state index contributed by atoms with van der Waals surface area (Å²) in [6.07, 6.45) is 3.84. The van der Waals surface area contributed by atoms with Gasteiger partial charge in [0.05, 0.1) is 5.71 Å². The summed E-state index contributed by atoms with van der Waals surface area (Å²) in [4.78, 5) is 0. The van der Waals surface area contributed by atoms with Crippen LogP contribution in [0.4, 0.5) is 0 Å². The number of ether oxygens (including phenoxy) is 1. The van der Waals surface area contributed by atoms with Crippen molar-refractivity contribution >= 4 is 5.71 Å². The first-order chi connectivity index (χ1) is 10.9. The van der Waals surface area contributed by atoms with Crippen molar-refractivity contribution in [2.75, 3.05) is 0 Å².